The highest BCUT2D eigenvalue weighted by atomic mass is 16.6. The third-order valence-electron chi connectivity index (χ3n) is 4.88. The van der Waals surface area contributed by atoms with Crippen molar-refractivity contribution in [2.75, 3.05) is 5.32 Å². The second-order valence-corrected chi connectivity index (χ2v) is 7.14. The molecule has 29 heavy (non-hydrogen) atoms. The lowest BCUT2D eigenvalue weighted by molar-refractivity contribution is -0.384. The molecule has 1 atom stereocenters. The summed E-state index contributed by atoms with van der Waals surface area (Å²) in [7, 11) is 0. The predicted molar refractivity (Wildman–Crippen MR) is 109 cm³/mol. The number of amides is 3. The van der Waals surface area contributed by atoms with Crippen molar-refractivity contribution >= 4 is 23.3 Å². The molecule has 3 rings (SSSR count). The van der Waals surface area contributed by atoms with Crippen molar-refractivity contribution in [3.05, 3.63) is 80.0 Å². The lowest BCUT2D eigenvalue weighted by Crippen LogP contribution is -2.46. The zero-order chi connectivity index (χ0) is 21.3. The van der Waals surface area contributed by atoms with Crippen molar-refractivity contribution in [2.24, 2.45) is 0 Å². The van der Waals surface area contributed by atoms with E-state index in [2.05, 4.69) is 16.0 Å². The summed E-state index contributed by atoms with van der Waals surface area (Å²) in [6.07, 6.45) is 0. The number of aryl methyl sites for hydroxylation is 3. The summed E-state index contributed by atoms with van der Waals surface area (Å²) in [5, 5.41) is 19.1. The lowest BCUT2D eigenvalue weighted by atomic mass is 9.87. The van der Waals surface area contributed by atoms with Gasteiger partial charge in [0.15, 0.2) is 0 Å². The normalized spacial score (nSPS) is 16.1. The topological polar surface area (TPSA) is 113 Å². The molecule has 0 radical (unpaired) electrons. The van der Waals surface area contributed by atoms with E-state index in [0.29, 0.717) is 17.0 Å². The molecule has 1 heterocycles. The van der Waals surface area contributed by atoms with Crippen molar-refractivity contribution in [1.29, 1.82) is 0 Å². The van der Waals surface area contributed by atoms with Gasteiger partial charge >= 0.3 is 6.03 Å². The summed E-state index contributed by atoms with van der Waals surface area (Å²) < 4.78 is 0. The fourth-order valence-corrected chi connectivity index (χ4v) is 3.72. The smallest absolute Gasteiger partial charge is 0.319 e. The van der Waals surface area contributed by atoms with Crippen molar-refractivity contribution in [3.63, 3.8) is 0 Å². The van der Waals surface area contributed by atoms with Gasteiger partial charge in [-0.15, -0.1) is 0 Å². The van der Waals surface area contributed by atoms with Gasteiger partial charge < -0.3 is 16.0 Å². The van der Waals surface area contributed by atoms with Crippen LogP contribution in [0.4, 0.5) is 16.2 Å². The van der Waals surface area contributed by atoms with Gasteiger partial charge in [0, 0.05) is 23.5 Å². The maximum Gasteiger partial charge on any atom is 0.319 e. The summed E-state index contributed by atoms with van der Waals surface area (Å²) in [5.41, 5.74) is 5.13. The van der Waals surface area contributed by atoms with Gasteiger partial charge in [-0.05, 0) is 56.5 Å². The Hall–Kier alpha value is -3.68. The molecule has 0 aliphatic carbocycles. The van der Waals surface area contributed by atoms with Crippen LogP contribution in [0.25, 0.3) is 0 Å². The molecule has 8 heteroatoms. The van der Waals surface area contributed by atoms with Gasteiger partial charge in [0.2, 0.25) is 0 Å². The monoisotopic (exact) mass is 394 g/mol. The Bertz CT molecular complexity index is 1020. The van der Waals surface area contributed by atoms with E-state index >= 15 is 0 Å². The quantitative estimate of drug-likeness (QED) is 0.541. The highest BCUT2D eigenvalue weighted by Gasteiger charge is 2.33. The van der Waals surface area contributed by atoms with Gasteiger partial charge in [-0.3, -0.25) is 14.9 Å². The average molecular weight is 394 g/mol. The molecular formula is C21H22N4O4. The van der Waals surface area contributed by atoms with Crippen molar-refractivity contribution < 1.29 is 14.5 Å². The highest BCUT2D eigenvalue weighted by molar-refractivity contribution is 6.06. The molecule has 0 spiro atoms. The third kappa shape index (κ3) is 4.11. The van der Waals surface area contributed by atoms with Gasteiger partial charge in [0.05, 0.1) is 16.5 Å². The molecule has 1 aliphatic rings. The predicted octanol–water partition coefficient (Wildman–Crippen LogP) is 3.79. The lowest BCUT2D eigenvalue weighted by Gasteiger charge is -2.31. The molecule has 0 aromatic heterocycles. The summed E-state index contributed by atoms with van der Waals surface area (Å²) in [4.78, 5) is 35.5. The minimum absolute atomic E-state index is 0.0613. The molecule has 0 saturated heterocycles. The van der Waals surface area contributed by atoms with E-state index < -0.39 is 16.9 Å². The Morgan fingerprint density at radius 1 is 1.07 bits per heavy atom. The number of anilines is 1. The van der Waals surface area contributed by atoms with Crippen LogP contribution in [0.2, 0.25) is 0 Å². The summed E-state index contributed by atoms with van der Waals surface area (Å²) >= 11 is 0. The largest absolute Gasteiger partial charge is 0.327 e. The second-order valence-electron chi connectivity index (χ2n) is 7.14. The van der Waals surface area contributed by atoms with Crippen molar-refractivity contribution in [3.8, 4) is 0 Å². The molecule has 2 aromatic carbocycles. The first-order valence-electron chi connectivity index (χ1n) is 9.09. The molecule has 2 aromatic rings. The first-order chi connectivity index (χ1) is 13.7. The maximum atomic E-state index is 13.1. The van der Waals surface area contributed by atoms with Crippen molar-refractivity contribution in [1.82, 2.24) is 10.6 Å². The number of hydrogen-bond acceptors (Lipinski definition) is 4. The van der Waals surface area contributed by atoms with E-state index in [-0.39, 0.29) is 11.7 Å². The third-order valence-corrected chi connectivity index (χ3v) is 4.88. The number of nitro groups is 1. The average Bonchev–Trinajstić information content (AvgIpc) is 2.60. The molecule has 8 nitrogen and oxygen atoms in total. The maximum absolute atomic E-state index is 13.1. The fourth-order valence-electron chi connectivity index (χ4n) is 3.72. The minimum Gasteiger partial charge on any atom is -0.327 e. The van der Waals surface area contributed by atoms with Crippen LogP contribution in [-0.2, 0) is 4.79 Å². The van der Waals surface area contributed by atoms with Crippen LogP contribution in [0.15, 0.2) is 47.7 Å². The Kier molecular flexibility index (Phi) is 5.36. The molecule has 0 bridgehead atoms. The first kappa shape index (κ1) is 20.1. The fraction of sp³-hybridized carbons (Fsp3) is 0.238. The molecule has 1 aliphatic heterocycles. The Balaban J connectivity index is 1.98. The Morgan fingerprint density at radius 3 is 2.21 bits per heavy atom. The van der Waals surface area contributed by atoms with E-state index in [9.17, 15) is 19.7 Å². The Morgan fingerprint density at radius 2 is 1.66 bits per heavy atom. The number of allylic oxidation sites excluding steroid dienone is 1. The number of carbonyl (C=O) groups excluding carboxylic acids is 2. The first-order valence-corrected chi connectivity index (χ1v) is 9.09. The van der Waals surface area contributed by atoms with E-state index in [4.69, 9.17) is 0 Å². The molecule has 3 N–H and O–H groups in total. The zero-order valence-electron chi connectivity index (χ0n) is 16.6. The van der Waals surface area contributed by atoms with Gasteiger partial charge in [-0.1, -0.05) is 17.7 Å². The highest BCUT2D eigenvalue weighted by Crippen LogP contribution is 2.32. The molecule has 0 fully saturated rings. The zero-order valence-corrected chi connectivity index (χ0v) is 16.6. The van der Waals surface area contributed by atoms with Crippen LogP contribution in [0.3, 0.4) is 0 Å². The van der Waals surface area contributed by atoms with E-state index in [1.807, 2.05) is 32.9 Å². The van der Waals surface area contributed by atoms with Crippen LogP contribution in [0, 0.1) is 30.9 Å². The minimum atomic E-state index is -0.609. The number of benzene rings is 2. The van der Waals surface area contributed by atoms with Crippen LogP contribution >= 0.6 is 0 Å². The van der Waals surface area contributed by atoms with Crippen LogP contribution in [0.1, 0.15) is 35.2 Å². The number of hydrogen-bond donors (Lipinski definition) is 3. The SMILES string of the molecule is CC1=C(C(=O)Nc2ccc([N+](=O)[O-])cc2)[C@@H](c2c(C)cc(C)cc2C)NC(=O)N1. The number of nitrogens with zero attached hydrogens (tertiary/aromatic N) is 1. The van der Waals surface area contributed by atoms with Gasteiger partial charge in [-0.2, -0.15) is 0 Å². The van der Waals surface area contributed by atoms with Crippen LogP contribution in [0.5, 0.6) is 0 Å². The molecule has 150 valence electrons. The molecule has 0 saturated carbocycles. The van der Waals surface area contributed by atoms with E-state index in [1.54, 1.807) is 6.92 Å². The van der Waals surface area contributed by atoms with Gasteiger partial charge in [0.1, 0.15) is 0 Å². The number of rotatable bonds is 4. The molecule has 0 unspecified atom stereocenters. The van der Waals surface area contributed by atoms with E-state index in [0.717, 1.165) is 22.3 Å². The number of nitro benzene ring substituents is 1. The Labute approximate surface area is 168 Å². The van der Waals surface area contributed by atoms with Gasteiger partial charge in [0.25, 0.3) is 11.6 Å². The summed E-state index contributed by atoms with van der Waals surface area (Å²) in [6, 6.07) is 8.62. The second kappa shape index (κ2) is 7.75. The number of carbonyl (C=O) groups is 2. The van der Waals surface area contributed by atoms with Crippen LogP contribution in [-0.4, -0.2) is 16.9 Å². The number of nitrogens with one attached hydrogen (secondary N) is 3. The van der Waals surface area contributed by atoms with E-state index in [1.165, 1.54) is 24.3 Å². The molecular weight excluding hydrogens is 372 g/mol. The molecule has 3 amide bonds. The van der Waals surface area contributed by atoms with Crippen molar-refractivity contribution in [2.45, 2.75) is 33.7 Å². The van der Waals surface area contributed by atoms with Gasteiger partial charge in [-0.25, -0.2) is 4.79 Å². The number of urea groups is 1. The standard InChI is InChI=1S/C21H22N4O4/c1-11-9-12(2)17(13(3)10-11)19-18(14(4)22-21(27)24-19)20(26)23-15-5-7-16(8-6-15)25(28)29/h5-10,19H,1-4H3,(H,23,26)(H2,22,24,27)/t19-/m1/s1. The summed E-state index contributed by atoms with van der Waals surface area (Å²) in [5.74, 6) is -0.395. The number of non-ortho nitro benzene ring substituents is 1. The summed E-state index contributed by atoms with van der Waals surface area (Å²) in [6.45, 7) is 7.57. The van der Waals surface area contributed by atoms with Crippen LogP contribution < -0.4 is 16.0 Å².